The summed E-state index contributed by atoms with van der Waals surface area (Å²) in [5.74, 6) is 0.721. The number of nitrogens with one attached hydrogen (secondary N) is 2. The molecule has 0 bridgehead atoms. The summed E-state index contributed by atoms with van der Waals surface area (Å²) in [6.45, 7) is 3.76. The lowest BCUT2D eigenvalue weighted by Crippen LogP contribution is -2.34. The van der Waals surface area contributed by atoms with Crippen LogP contribution in [0.2, 0.25) is 0 Å². The Morgan fingerprint density at radius 3 is 3.07 bits per heavy atom. The highest BCUT2D eigenvalue weighted by molar-refractivity contribution is 7.14. The molecular formula is C20H23N5O2S. The summed E-state index contributed by atoms with van der Waals surface area (Å²) in [5.41, 5.74) is 8.76. The highest BCUT2D eigenvalue weighted by atomic mass is 32.1. The van der Waals surface area contributed by atoms with Crippen LogP contribution in [0.15, 0.2) is 24.4 Å². The molecule has 146 valence electrons. The van der Waals surface area contributed by atoms with Gasteiger partial charge in [0, 0.05) is 54.5 Å². The Morgan fingerprint density at radius 2 is 2.25 bits per heavy atom. The summed E-state index contributed by atoms with van der Waals surface area (Å²) in [7, 11) is 0. The molecule has 0 spiro atoms. The molecule has 3 heterocycles. The maximum absolute atomic E-state index is 13.0. The Kier molecular flexibility index (Phi) is 5.40. The molecule has 0 atom stereocenters. The van der Waals surface area contributed by atoms with Gasteiger partial charge in [-0.1, -0.05) is 6.07 Å². The summed E-state index contributed by atoms with van der Waals surface area (Å²) in [6, 6.07) is 5.73. The first-order chi connectivity index (χ1) is 13.7. The lowest BCUT2D eigenvalue weighted by Gasteiger charge is -2.18. The number of benzene rings is 1. The first kappa shape index (κ1) is 18.6. The third-order valence-corrected chi connectivity index (χ3v) is 6.10. The van der Waals surface area contributed by atoms with Gasteiger partial charge in [-0.3, -0.25) is 4.79 Å². The van der Waals surface area contributed by atoms with Crippen molar-refractivity contribution in [3.63, 3.8) is 0 Å². The van der Waals surface area contributed by atoms with Crippen LogP contribution in [0.4, 0.5) is 0 Å². The second kappa shape index (κ2) is 8.12. The van der Waals surface area contributed by atoms with Crippen molar-refractivity contribution < 1.29 is 9.53 Å². The number of hydrogen-bond acceptors (Lipinski definition) is 7. The zero-order valence-electron chi connectivity index (χ0n) is 15.5. The molecule has 1 aromatic heterocycles. The minimum Gasteiger partial charge on any atom is -0.492 e. The van der Waals surface area contributed by atoms with E-state index in [0.717, 1.165) is 54.2 Å². The Balaban J connectivity index is 1.68. The monoisotopic (exact) mass is 397 g/mol. The van der Waals surface area contributed by atoms with E-state index in [-0.39, 0.29) is 5.91 Å². The first-order valence-electron chi connectivity index (χ1n) is 9.41. The molecule has 7 nitrogen and oxygen atoms in total. The molecule has 28 heavy (non-hydrogen) atoms. The number of thiazole rings is 1. The summed E-state index contributed by atoms with van der Waals surface area (Å²) in [6.07, 6.45) is 4.31. The number of fused-ring (bicyclic) bond motifs is 3. The molecule has 0 unspecified atom stereocenters. The highest BCUT2D eigenvalue weighted by Gasteiger charge is 2.26. The van der Waals surface area contributed by atoms with Gasteiger partial charge in [0.1, 0.15) is 5.75 Å². The standard InChI is InChI=1S/C20H23N5O2S/c21-11-14(12-22)13-2-3-15-16(10-13)27-9-4-17-18(15)24-19(28-17)20(26)25-7-1-5-23-6-8-25/h2-3,10-12,21,23H,1,4-9,22H2/b14-12+,21-11?. The van der Waals surface area contributed by atoms with E-state index in [1.807, 2.05) is 23.1 Å². The van der Waals surface area contributed by atoms with E-state index < -0.39 is 0 Å². The lowest BCUT2D eigenvalue weighted by molar-refractivity contribution is 0.0766. The third-order valence-electron chi connectivity index (χ3n) is 5.00. The van der Waals surface area contributed by atoms with Crippen LogP contribution in [0.25, 0.3) is 16.8 Å². The molecule has 0 radical (unpaired) electrons. The summed E-state index contributed by atoms with van der Waals surface area (Å²) < 4.78 is 5.92. The average Bonchev–Trinajstić information content (AvgIpc) is 2.87. The Hall–Kier alpha value is -2.71. The predicted octanol–water partition coefficient (Wildman–Crippen LogP) is 2.13. The van der Waals surface area contributed by atoms with Gasteiger partial charge < -0.3 is 26.1 Å². The number of aromatic nitrogens is 1. The quantitative estimate of drug-likeness (QED) is 0.688. The average molecular weight is 398 g/mol. The van der Waals surface area contributed by atoms with Crippen LogP contribution in [-0.2, 0) is 6.42 Å². The van der Waals surface area contributed by atoms with Gasteiger partial charge in [-0.25, -0.2) is 4.98 Å². The minimum absolute atomic E-state index is 0.0121. The van der Waals surface area contributed by atoms with Crippen molar-refractivity contribution in [3.8, 4) is 17.0 Å². The van der Waals surface area contributed by atoms with E-state index in [1.54, 1.807) is 0 Å². The topological polar surface area (TPSA) is 104 Å². The van der Waals surface area contributed by atoms with E-state index in [4.69, 9.17) is 20.9 Å². The van der Waals surface area contributed by atoms with Crippen LogP contribution in [-0.4, -0.2) is 54.8 Å². The molecule has 2 aromatic rings. The second-order valence-corrected chi connectivity index (χ2v) is 7.85. The number of ether oxygens (including phenoxy) is 1. The van der Waals surface area contributed by atoms with Crippen LogP contribution >= 0.6 is 11.3 Å². The number of carbonyl (C=O) groups excluding carboxylic acids is 1. The number of carbonyl (C=O) groups is 1. The fourth-order valence-electron chi connectivity index (χ4n) is 3.51. The van der Waals surface area contributed by atoms with Crippen LogP contribution in [0.3, 0.4) is 0 Å². The first-order valence-corrected chi connectivity index (χ1v) is 10.2. The van der Waals surface area contributed by atoms with E-state index >= 15 is 0 Å². The van der Waals surface area contributed by atoms with E-state index in [2.05, 4.69) is 5.32 Å². The molecule has 4 rings (SSSR count). The van der Waals surface area contributed by atoms with Gasteiger partial charge in [0.05, 0.1) is 12.3 Å². The van der Waals surface area contributed by atoms with Crippen molar-refractivity contribution in [3.05, 3.63) is 39.8 Å². The normalized spacial score (nSPS) is 17.0. The zero-order valence-corrected chi connectivity index (χ0v) is 16.3. The number of allylic oxidation sites excluding steroid dienone is 1. The van der Waals surface area contributed by atoms with Gasteiger partial charge in [0.15, 0.2) is 5.01 Å². The zero-order chi connectivity index (χ0) is 19.5. The Labute approximate surface area is 167 Å². The molecule has 1 aromatic carbocycles. The molecule has 2 aliphatic heterocycles. The van der Waals surface area contributed by atoms with Crippen molar-refractivity contribution in [1.29, 1.82) is 5.41 Å². The fourth-order valence-corrected chi connectivity index (χ4v) is 4.53. The van der Waals surface area contributed by atoms with Gasteiger partial charge in [-0.2, -0.15) is 0 Å². The van der Waals surface area contributed by atoms with Crippen molar-refractivity contribution in [1.82, 2.24) is 15.2 Å². The van der Waals surface area contributed by atoms with Crippen molar-refractivity contribution in [2.45, 2.75) is 12.8 Å². The Morgan fingerprint density at radius 1 is 1.36 bits per heavy atom. The largest absolute Gasteiger partial charge is 0.492 e. The maximum atomic E-state index is 13.0. The molecule has 1 saturated heterocycles. The van der Waals surface area contributed by atoms with Crippen molar-refractivity contribution in [2.24, 2.45) is 5.73 Å². The SMILES string of the molecule is N=C/C(=C\N)c1ccc2c(c1)OCCc1sc(C(=O)N3CCCNCC3)nc1-2. The lowest BCUT2D eigenvalue weighted by atomic mass is 10.0. The van der Waals surface area contributed by atoms with Crippen LogP contribution in [0.1, 0.15) is 26.7 Å². The number of rotatable bonds is 3. The van der Waals surface area contributed by atoms with Gasteiger partial charge in [0.2, 0.25) is 0 Å². The van der Waals surface area contributed by atoms with Gasteiger partial charge in [-0.05, 0) is 30.7 Å². The van der Waals surface area contributed by atoms with E-state index in [1.165, 1.54) is 23.8 Å². The summed E-state index contributed by atoms with van der Waals surface area (Å²) in [5, 5.41) is 11.4. The maximum Gasteiger partial charge on any atom is 0.282 e. The smallest absolute Gasteiger partial charge is 0.282 e. The van der Waals surface area contributed by atoms with E-state index in [9.17, 15) is 4.79 Å². The molecule has 0 aliphatic carbocycles. The minimum atomic E-state index is 0.0121. The van der Waals surface area contributed by atoms with Gasteiger partial charge in [0.25, 0.3) is 5.91 Å². The van der Waals surface area contributed by atoms with Gasteiger partial charge in [-0.15, -0.1) is 11.3 Å². The van der Waals surface area contributed by atoms with Gasteiger partial charge >= 0.3 is 0 Å². The number of amides is 1. The molecule has 1 amide bonds. The molecule has 8 heteroatoms. The third kappa shape index (κ3) is 3.53. The van der Waals surface area contributed by atoms with Crippen LogP contribution in [0, 0.1) is 5.41 Å². The van der Waals surface area contributed by atoms with Crippen molar-refractivity contribution >= 4 is 29.0 Å². The fraction of sp³-hybridized carbons (Fsp3) is 0.350. The molecule has 2 aliphatic rings. The van der Waals surface area contributed by atoms with Crippen LogP contribution in [0.5, 0.6) is 5.75 Å². The van der Waals surface area contributed by atoms with E-state index in [0.29, 0.717) is 29.5 Å². The molecule has 4 N–H and O–H groups in total. The Bertz CT molecular complexity index is 929. The predicted molar refractivity (Wildman–Crippen MR) is 111 cm³/mol. The second-order valence-electron chi connectivity index (χ2n) is 6.76. The molecule has 0 saturated carbocycles. The molecule has 1 fully saturated rings. The highest BCUT2D eigenvalue weighted by Crippen LogP contribution is 2.39. The van der Waals surface area contributed by atoms with Crippen LogP contribution < -0.4 is 15.8 Å². The molecular weight excluding hydrogens is 374 g/mol. The number of nitrogens with two attached hydrogens (primary N) is 1. The number of hydrogen-bond donors (Lipinski definition) is 3. The summed E-state index contributed by atoms with van der Waals surface area (Å²) in [4.78, 5) is 20.6. The summed E-state index contributed by atoms with van der Waals surface area (Å²) >= 11 is 1.47. The number of nitrogens with zero attached hydrogens (tertiary/aromatic N) is 2. The van der Waals surface area contributed by atoms with Crippen molar-refractivity contribution in [2.75, 3.05) is 32.8 Å².